The molecule has 25 heavy (non-hydrogen) atoms. The van der Waals surface area contributed by atoms with E-state index in [1.165, 1.54) is 0 Å². The largest absolute Gasteiger partial charge is 0.341 e. The van der Waals surface area contributed by atoms with Gasteiger partial charge in [-0.1, -0.05) is 17.2 Å². The third-order valence-electron chi connectivity index (χ3n) is 5.30. The highest BCUT2D eigenvalue weighted by Crippen LogP contribution is 2.23. The van der Waals surface area contributed by atoms with Crippen molar-refractivity contribution in [2.45, 2.75) is 45.6 Å². The second-order valence-corrected chi connectivity index (χ2v) is 7.65. The Morgan fingerprint density at radius 1 is 0.960 bits per heavy atom. The molecule has 0 radical (unpaired) electrons. The van der Waals surface area contributed by atoms with E-state index >= 15 is 0 Å². The van der Waals surface area contributed by atoms with Gasteiger partial charge in [0.25, 0.3) is 5.91 Å². The number of likely N-dealkylation sites (tertiary alicyclic amines) is 2. The molecule has 0 aromatic heterocycles. The van der Waals surface area contributed by atoms with Gasteiger partial charge in [0, 0.05) is 37.8 Å². The number of carbonyl (C=O) groups is 2. The van der Waals surface area contributed by atoms with E-state index in [0.717, 1.165) is 55.5 Å². The summed E-state index contributed by atoms with van der Waals surface area (Å²) in [4.78, 5) is 29.5. The normalized spacial score (nSPS) is 24.3. The Kier molecular flexibility index (Phi) is 5.42. The maximum absolute atomic E-state index is 12.9. The molecule has 0 bridgehead atoms. The Balaban J connectivity index is 1.68. The number of aryl methyl sites for hydroxylation is 2. The van der Waals surface area contributed by atoms with E-state index in [1.54, 1.807) is 0 Å². The maximum Gasteiger partial charge on any atom is 0.253 e. The number of carbonyl (C=O) groups excluding carboxylic acids is 2. The van der Waals surface area contributed by atoms with Crippen LogP contribution in [0.4, 0.5) is 0 Å². The zero-order valence-corrected chi connectivity index (χ0v) is 15.3. The first-order valence-corrected chi connectivity index (χ1v) is 9.36. The van der Waals surface area contributed by atoms with Gasteiger partial charge in [0.1, 0.15) is 0 Å². The topological polar surface area (TPSA) is 66.6 Å². The molecule has 0 unspecified atom stereocenters. The fourth-order valence-electron chi connectivity index (χ4n) is 4.11. The van der Waals surface area contributed by atoms with E-state index in [0.29, 0.717) is 13.1 Å². The van der Waals surface area contributed by atoms with Crippen LogP contribution < -0.4 is 5.73 Å². The molecule has 2 aliphatic rings. The predicted octanol–water partition coefficient (Wildman–Crippen LogP) is 2.11. The molecular weight excluding hydrogens is 314 g/mol. The number of rotatable bonds is 2. The predicted molar refractivity (Wildman–Crippen MR) is 98.3 cm³/mol. The van der Waals surface area contributed by atoms with Gasteiger partial charge in [-0.15, -0.1) is 0 Å². The molecule has 0 saturated carbocycles. The zero-order chi connectivity index (χ0) is 18.0. The summed E-state index contributed by atoms with van der Waals surface area (Å²) in [6, 6.07) is 6.03. The second kappa shape index (κ2) is 7.56. The number of hydrogen-bond acceptors (Lipinski definition) is 3. The number of nitrogens with zero attached hydrogens (tertiary/aromatic N) is 2. The van der Waals surface area contributed by atoms with Crippen molar-refractivity contribution in [3.05, 3.63) is 34.9 Å². The van der Waals surface area contributed by atoms with Gasteiger partial charge in [-0.25, -0.2) is 0 Å². The van der Waals surface area contributed by atoms with Crippen LogP contribution in [0.1, 0.15) is 47.2 Å². The van der Waals surface area contributed by atoms with Gasteiger partial charge in [0.2, 0.25) is 5.91 Å². The van der Waals surface area contributed by atoms with Gasteiger partial charge in [-0.2, -0.15) is 0 Å². The van der Waals surface area contributed by atoms with E-state index in [1.807, 2.05) is 35.8 Å². The molecule has 5 nitrogen and oxygen atoms in total. The third-order valence-corrected chi connectivity index (χ3v) is 5.30. The van der Waals surface area contributed by atoms with Crippen molar-refractivity contribution in [1.29, 1.82) is 0 Å². The summed E-state index contributed by atoms with van der Waals surface area (Å²) >= 11 is 0. The molecule has 3 rings (SSSR count). The Morgan fingerprint density at radius 2 is 1.60 bits per heavy atom. The molecule has 2 saturated heterocycles. The van der Waals surface area contributed by atoms with Gasteiger partial charge in [-0.05, 0) is 51.7 Å². The molecule has 2 N–H and O–H groups in total. The highest BCUT2D eigenvalue weighted by atomic mass is 16.2. The van der Waals surface area contributed by atoms with Gasteiger partial charge >= 0.3 is 0 Å². The third kappa shape index (κ3) is 4.21. The summed E-state index contributed by atoms with van der Waals surface area (Å²) < 4.78 is 0. The van der Waals surface area contributed by atoms with E-state index in [2.05, 4.69) is 6.07 Å². The van der Waals surface area contributed by atoms with Gasteiger partial charge in [0.15, 0.2) is 0 Å². The lowest BCUT2D eigenvalue weighted by Crippen LogP contribution is -2.51. The average Bonchev–Trinajstić information content (AvgIpc) is 2.59. The number of piperidine rings is 2. The number of nitrogens with two attached hydrogens (primary N) is 1. The summed E-state index contributed by atoms with van der Waals surface area (Å²) in [6.07, 6.45) is 3.71. The summed E-state index contributed by atoms with van der Waals surface area (Å²) in [5.41, 5.74) is 8.93. The van der Waals surface area contributed by atoms with E-state index < -0.39 is 0 Å². The Hall–Kier alpha value is -1.88. The van der Waals surface area contributed by atoms with Gasteiger partial charge in [0.05, 0.1) is 5.92 Å². The van der Waals surface area contributed by atoms with Gasteiger partial charge < -0.3 is 15.5 Å². The molecule has 5 heteroatoms. The van der Waals surface area contributed by atoms with Crippen molar-refractivity contribution in [3.63, 3.8) is 0 Å². The number of hydrogen-bond donors (Lipinski definition) is 1. The standard InChI is InChI=1S/C20H29N3O2/c1-14-9-15(2)11-17(10-14)20(25)22-7-3-5-16(12-22)19(24)23-8-4-6-18(21)13-23/h9-11,16,18H,3-8,12-13,21H2,1-2H3/t16-,18+/m0/s1. The fourth-order valence-corrected chi connectivity index (χ4v) is 4.11. The summed E-state index contributed by atoms with van der Waals surface area (Å²) in [7, 11) is 0. The molecule has 136 valence electrons. The lowest BCUT2D eigenvalue weighted by molar-refractivity contribution is -0.138. The van der Waals surface area contributed by atoms with E-state index in [4.69, 9.17) is 5.73 Å². The zero-order valence-electron chi connectivity index (χ0n) is 15.3. The molecule has 2 atom stereocenters. The SMILES string of the molecule is Cc1cc(C)cc(C(=O)N2CCC[C@H](C(=O)N3CCC[C@@H](N)C3)C2)c1. The van der Waals surface area contributed by atoms with Crippen molar-refractivity contribution < 1.29 is 9.59 Å². The summed E-state index contributed by atoms with van der Waals surface area (Å²) in [6.45, 7) is 6.72. The maximum atomic E-state index is 12.9. The minimum absolute atomic E-state index is 0.0413. The van der Waals surface area contributed by atoms with Crippen LogP contribution in [-0.4, -0.2) is 53.8 Å². The smallest absolute Gasteiger partial charge is 0.253 e. The minimum Gasteiger partial charge on any atom is -0.341 e. The van der Waals surface area contributed by atoms with Crippen LogP contribution in [0.2, 0.25) is 0 Å². The molecule has 0 aliphatic carbocycles. The molecule has 1 aromatic carbocycles. The quantitative estimate of drug-likeness (QED) is 0.894. The van der Waals surface area contributed by atoms with Crippen molar-refractivity contribution in [2.24, 2.45) is 11.7 Å². The first-order chi connectivity index (χ1) is 11.9. The summed E-state index contributed by atoms with van der Waals surface area (Å²) in [5.74, 6) is 0.127. The molecule has 2 aliphatic heterocycles. The Labute approximate surface area is 150 Å². The first-order valence-electron chi connectivity index (χ1n) is 9.36. The van der Waals surface area contributed by atoms with Crippen LogP contribution in [0.15, 0.2) is 18.2 Å². The molecule has 2 fully saturated rings. The average molecular weight is 343 g/mol. The molecule has 1 aromatic rings. The lowest BCUT2D eigenvalue weighted by Gasteiger charge is -2.37. The van der Waals surface area contributed by atoms with Gasteiger partial charge in [-0.3, -0.25) is 9.59 Å². The van der Waals surface area contributed by atoms with Crippen molar-refractivity contribution in [1.82, 2.24) is 9.80 Å². The molecule has 2 heterocycles. The van der Waals surface area contributed by atoms with Crippen molar-refractivity contribution in [2.75, 3.05) is 26.2 Å². The first kappa shape index (κ1) is 17.9. The van der Waals surface area contributed by atoms with Crippen LogP contribution in [0, 0.1) is 19.8 Å². The van der Waals surface area contributed by atoms with Crippen LogP contribution in [0.3, 0.4) is 0 Å². The van der Waals surface area contributed by atoms with Crippen molar-refractivity contribution >= 4 is 11.8 Å². The Morgan fingerprint density at radius 3 is 2.28 bits per heavy atom. The molecule has 2 amide bonds. The number of amides is 2. The lowest BCUT2D eigenvalue weighted by atomic mass is 9.94. The van der Waals surface area contributed by atoms with Crippen LogP contribution in [0.5, 0.6) is 0 Å². The highest BCUT2D eigenvalue weighted by molar-refractivity contribution is 5.95. The van der Waals surface area contributed by atoms with Crippen LogP contribution in [0.25, 0.3) is 0 Å². The molecule has 0 spiro atoms. The van der Waals surface area contributed by atoms with Crippen LogP contribution >= 0.6 is 0 Å². The highest BCUT2D eigenvalue weighted by Gasteiger charge is 2.33. The second-order valence-electron chi connectivity index (χ2n) is 7.65. The van der Waals surface area contributed by atoms with Crippen molar-refractivity contribution in [3.8, 4) is 0 Å². The van der Waals surface area contributed by atoms with E-state index in [-0.39, 0.29) is 23.8 Å². The summed E-state index contributed by atoms with van der Waals surface area (Å²) in [5, 5.41) is 0. The van der Waals surface area contributed by atoms with Crippen LogP contribution in [-0.2, 0) is 4.79 Å². The molecular formula is C20H29N3O2. The monoisotopic (exact) mass is 343 g/mol. The van der Waals surface area contributed by atoms with E-state index in [9.17, 15) is 9.59 Å². The fraction of sp³-hybridized carbons (Fsp3) is 0.600. The number of benzene rings is 1. The minimum atomic E-state index is -0.0890. The Bertz CT molecular complexity index is 638.